The maximum absolute atomic E-state index is 13.0. The fourth-order valence-electron chi connectivity index (χ4n) is 4.63. The largest absolute Gasteiger partial charge is 0.383 e. The van der Waals surface area contributed by atoms with Gasteiger partial charge in [0.15, 0.2) is 0 Å². The highest BCUT2D eigenvalue weighted by atomic mass is 16.5. The number of benzene rings is 1. The number of carbonyl (C=O) groups excluding carboxylic acids is 1. The van der Waals surface area contributed by atoms with E-state index in [9.17, 15) is 4.79 Å². The zero-order chi connectivity index (χ0) is 17.2. The van der Waals surface area contributed by atoms with E-state index < -0.39 is 0 Å². The molecule has 0 N–H and O–H groups in total. The zero-order valence-corrected chi connectivity index (χ0v) is 15.2. The molecule has 25 heavy (non-hydrogen) atoms. The van der Waals surface area contributed by atoms with Crippen LogP contribution in [0.5, 0.6) is 0 Å². The molecule has 1 fully saturated rings. The van der Waals surface area contributed by atoms with Crippen molar-refractivity contribution < 1.29 is 9.53 Å². The summed E-state index contributed by atoms with van der Waals surface area (Å²) in [6, 6.07) is 8.59. The van der Waals surface area contributed by atoms with Gasteiger partial charge in [-0.1, -0.05) is 37.5 Å². The minimum absolute atomic E-state index is 0.261. The summed E-state index contributed by atoms with van der Waals surface area (Å²) >= 11 is 0. The molecule has 0 atom stereocenters. The number of methoxy groups -OCH3 is 1. The minimum atomic E-state index is 0.261. The van der Waals surface area contributed by atoms with Crippen LogP contribution in [0.4, 0.5) is 0 Å². The fraction of sp³-hybridized carbons (Fsp3) is 0.571. The van der Waals surface area contributed by atoms with Crippen molar-refractivity contribution in [2.24, 2.45) is 5.92 Å². The Morgan fingerprint density at radius 1 is 1.20 bits per heavy atom. The number of hydrogen-bond acceptors (Lipinski definition) is 2. The molecular weight excluding hydrogens is 312 g/mol. The van der Waals surface area contributed by atoms with Crippen LogP contribution in [0, 0.1) is 5.92 Å². The third-order valence-corrected chi connectivity index (χ3v) is 5.95. The molecule has 4 nitrogen and oxygen atoms in total. The molecular formula is C21H28N2O2. The van der Waals surface area contributed by atoms with E-state index in [1.165, 1.54) is 41.4 Å². The smallest absolute Gasteiger partial charge is 0.225 e. The van der Waals surface area contributed by atoms with Crippen LogP contribution in [0.25, 0.3) is 10.9 Å². The summed E-state index contributed by atoms with van der Waals surface area (Å²) in [5.41, 5.74) is 4.02. The van der Waals surface area contributed by atoms with Crippen molar-refractivity contribution in [3.63, 3.8) is 0 Å². The van der Waals surface area contributed by atoms with E-state index in [2.05, 4.69) is 33.7 Å². The van der Waals surface area contributed by atoms with Crippen molar-refractivity contribution in [3.05, 3.63) is 35.5 Å². The number of para-hydroxylation sites is 1. The van der Waals surface area contributed by atoms with Gasteiger partial charge in [0.2, 0.25) is 5.91 Å². The summed E-state index contributed by atoms with van der Waals surface area (Å²) in [7, 11) is 1.75. The highest BCUT2D eigenvalue weighted by molar-refractivity contribution is 5.87. The van der Waals surface area contributed by atoms with Crippen LogP contribution in [0.15, 0.2) is 24.3 Å². The Balaban J connectivity index is 1.63. The van der Waals surface area contributed by atoms with E-state index in [1.54, 1.807) is 7.11 Å². The average Bonchev–Trinajstić information content (AvgIpc) is 2.99. The number of rotatable bonds is 4. The lowest BCUT2D eigenvalue weighted by Crippen LogP contribution is -2.40. The second kappa shape index (κ2) is 7.20. The van der Waals surface area contributed by atoms with E-state index >= 15 is 0 Å². The number of hydrogen-bond donors (Lipinski definition) is 0. The number of nitrogens with zero attached hydrogens (tertiary/aromatic N) is 2. The van der Waals surface area contributed by atoms with Gasteiger partial charge in [0, 0.05) is 61.2 Å². The van der Waals surface area contributed by atoms with Gasteiger partial charge in [0.1, 0.15) is 0 Å². The molecule has 0 bridgehead atoms. The van der Waals surface area contributed by atoms with Gasteiger partial charge in [0.05, 0.1) is 6.61 Å². The first kappa shape index (κ1) is 16.6. The third-order valence-electron chi connectivity index (χ3n) is 5.95. The molecule has 1 aliphatic carbocycles. The Kier molecular flexibility index (Phi) is 4.80. The van der Waals surface area contributed by atoms with Gasteiger partial charge in [-0.15, -0.1) is 0 Å². The highest BCUT2D eigenvalue weighted by Crippen LogP contribution is 2.33. The van der Waals surface area contributed by atoms with Crippen LogP contribution in [-0.2, 0) is 29.0 Å². The molecule has 0 spiro atoms. The molecule has 1 amide bonds. The molecule has 1 aliphatic heterocycles. The standard InChI is InChI=1S/C21H28N2O2/c1-25-14-13-23-19-10-6-5-9-17(19)18-15-22(12-11-20(18)23)21(24)16-7-3-2-4-8-16/h5-6,9-10,16H,2-4,7-8,11-15H2,1H3. The van der Waals surface area contributed by atoms with Crippen LogP contribution in [0.2, 0.25) is 0 Å². The number of ether oxygens (including phenoxy) is 1. The lowest BCUT2D eigenvalue weighted by Gasteiger charge is -2.32. The van der Waals surface area contributed by atoms with E-state index in [0.29, 0.717) is 5.91 Å². The van der Waals surface area contributed by atoms with Crippen LogP contribution in [-0.4, -0.2) is 35.6 Å². The second-order valence-electron chi connectivity index (χ2n) is 7.43. The summed E-state index contributed by atoms with van der Waals surface area (Å²) in [4.78, 5) is 15.1. The number of fused-ring (bicyclic) bond motifs is 3. The molecule has 0 radical (unpaired) electrons. The van der Waals surface area contributed by atoms with Gasteiger partial charge in [-0.3, -0.25) is 4.79 Å². The van der Waals surface area contributed by atoms with Gasteiger partial charge >= 0.3 is 0 Å². The van der Waals surface area contributed by atoms with Gasteiger partial charge < -0.3 is 14.2 Å². The lowest BCUT2D eigenvalue weighted by atomic mass is 9.87. The summed E-state index contributed by atoms with van der Waals surface area (Å²) in [5, 5.41) is 1.30. The normalized spacial score (nSPS) is 18.5. The molecule has 0 unspecified atom stereocenters. The Labute approximate surface area is 149 Å². The predicted molar refractivity (Wildman–Crippen MR) is 99.5 cm³/mol. The van der Waals surface area contributed by atoms with Crippen molar-refractivity contribution in [2.75, 3.05) is 20.3 Å². The predicted octanol–water partition coefficient (Wildman–Crippen LogP) is 3.75. The number of carbonyl (C=O) groups is 1. The summed E-state index contributed by atoms with van der Waals surface area (Å²) in [6.07, 6.45) is 6.83. The Bertz CT molecular complexity index is 759. The van der Waals surface area contributed by atoms with Crippen molar-refractivity contribution in [1.82, 2.24) is 9.47 Å². The summed E-state index contributed by atoms with van der Waals surface area (Å²) in [5.74, 6) is 0.649. The van der Waals surface area contributed by atoms with E-state index in [-0.39, 0.29) is 5.92 Å². The fourth-order valence-corrected chi connectivity index (χ4v) is 4.63. The molecule has 4 rings (SSSR count). The zero-order valence-electron chi connectivity index (χ0n) is 15.2. The van der Waals surface area contributed by atoms with Crippen LogP contribution in [0.1, 0.15) is 43.4 Å². The van der Waals surface area contributed by atoms with Crippen LogP contribution < -0.4 is 0 Å². The maximum Gasteiger partial charge on any atom is 0.225 e. The van der Waals surface area contributed by atoms with Gasteiger partial charge in [-0.05, 0) is 18.9 Å². The molecule has 0 saturated heterocycles. The number of aromatic nitrogens is 1. The number of amides is 1. The molecule has 134 valence electrons. The molecule has 4 heteroatoms. The van der Waals surface area contributed by atoms with Gasteiger partial charge in [-0.2, -0.15) is 0 Å². The summed E-state index contributed by atoms with van der Waals surface area (Å²) in [6.45, 7) is 3.22. The quantitative estimate of drug-likeness (QED) is 0.849. The van der Waals surface area contributed by atoms with Crippen molar-refractivity contribution >= 4 is 16.8 Å². The first-order valence-corrected chi connectivity index (χ1v) is 9.66. The first-order chi connectivity index (χ1) is 12.3. The SMILES string of the molecule is COCCn1c2c(c3ccccc31)CN(C(=O)C1CCCCC1)CC2. The van der Waals surface area contributed by atoms with Gasteiger partial charge in [0.25, 0.3) is 0 Å². The Hall–Kier alpha value is -1.81. The molecule has 1 aromatic carbocycles. The van der Waals surface area contributed by atoms with Crippen molar-refractivity contribution in [1.29, 1.82) is 0 Å². The van der Waals surface area contributed by atoms with E-state index in [0.717, 1.165) is 45.5 Å². The van der Waals surface area contributed by atoms with E-state index in [4.69, 9.17) is 4.74 Å². The summed E-state index contributed by atoms with van der Waals surface area (Å²) < 4.78 is 7.71. The molecule has 1 saturated carbocycles. The molecule has 2 heterocycles. The second-order valence-corrected chi connectivity index (χ2v) is 7.43. The topological polar surface area (TPSA) is 34.5 Å². The van der Waals surface area contributed by atoms with Crippen molar-refractivity contribution in [3.8, 4) is 0 Å². The highest BCUT2D eigenvalue weighted by Gasteiger charge is 2.30. The Morgan fingerprint density at radius 2 is 2.00 bits per heavy atom. The van der Waals surface area contributed by atoms with Gasteiger partial charge in [-0.25, -0.2) is 0 Å². The minimum Gasteiger partial charge on any atom is -0.383 e. The van der Waals surface area contributed by atoms with E-state index in [1.807, 2.05) is 0 Å². The maximum atomic E-state index is 13.0. The molecule has 2 aliphatic rings. The lowest BCUT2D eigenvalue weighted by molar-refractivity contribution is -0.137. The average molecular weight is 340 g/mol. The van der Waals surface area contributed by atoms with Crippen molar-refractivity contribution in [2.45, 2.75) is 51.6 Å². The Morgan fingerprint density at radius 3 is 2.80 bits per heavy atom. The molecule has 2 aromatic rings. The monoisotopic (exact) mass is 340 g/mol. The third kappa shape index (κ3) is 3.08. The molecule has 1 aromatic heterocycles. The van der Waals surface area contributed by atoms with Crippen LogP contribution >= 0.6 is 0 Å². The van der Waals surface area contributed by atoms with Crippen LogP contribution in [0.3, 0.4) is 0 Å². The first-order valence-electron chi connectivity index (χ1n) is 9.66.